The Morgan fingerprint density at radius 3 is 2.62 bits per heavy atom. The first-order valence-electron chi connectivity index (χ1n) is 9.30. The summed E-state index contributed by atoms with van der Waals surface area (Å²) in [5, 5.41) is 14.3. The highest BCUT2D eigenvalue weighted by Gasteiger charge is 2.09. The van der Waals surface area contributed by atoms with E-state index in [1.54, 1.807) is 12.1 Å². The molecule has 0 atom stereocenters. The van der Waals surface area contributed by atoms with Gasteiger partial charge in [0.25, 0.3) is 5.91 Å². The largest absolute Gasteiger partial charge is 0.365 e. The molecular formula is C21H26N4O. The Balaban J connectivity index is 1.44. The van der Waals surface area contributed by atoms with E-state index in [1.807, 2.05) is 0 Å². The second-order valence-electron chi connectivity index (χ2n) is 6.76. The van der Waals surface area contributed by atoms with Gasteiger partial charge in [-0.2, -0.15) is 0 Å². The molecule has 0 radical (unpaired) electrons. The van der Waals surface area contributed by atoms with Crippen molar-refractivity contribution in [1.82, 2.24) is 15.5 Å². The van der Waals surface area contributed by atoms with Gasteiger partial charge < -0.3 is 10.6 Å². The van der Waals surface area contributed by atoms with Crippen molar-refractivity contribution in [1.29, 1.82) is 0 Å². The standard InChI is InChI=1S/C21H26N4O/c1-16-7-9-18(10-8-16)15-23-20-12-11-19(24-25-20)21(26)22-14-13-17-5-3-2-4-6-17/h5,7-12H,2-4,6,13-15H2,1H3,(H,22,26)(H,23,25). The van der Waals surface area contributed by atoms with Crippen molar-refractivity contribution < 1.29 is 4.79 Å². The number of amides is 1. The molecule has 3 rings (SSSR count). The fourth-order valence-corrected chi connectivity index (χ4v) is 3.01. The zero-order valence-corrected chi connectivity index (χ0v) is 15.3. The van der Waals surface area contributed by atoms with Gasteiger partial charge in [0.2, 0.25) is 0 Å². The van der Waals surface area contributed by atoms with Crippen molar-refractivity contribution in [3.8, 4) is 0 Å². The number of nitrogens with zero attached hydrogens (tertiary/aromatic N) is 2. The van der Waals surface area contributed by atoms with Crippen LogP contribution < -0.4 is 10.6 Å². The lowest BCUT2D eigenvalue weighted by molar-refractivity contribution is 0.0948. The van der Waals surface area contributed by atoms with E-state index in [2.05, 4.69) is 58.1 Å². The van der Waals surface area contributed by atoms with Crippen LogP contribution in [0.1, 0.15) is 53.7 Å². The Labute approximate surface area is 154 Å². The quantitative estimate of drug-likeness (QED) is 0.740. The average Bonchev–Trinajstić information content (AvgIpc) is 2.69. The Kier molecular flexibility index (Phi) is 6.36. The maximum absolute atomic E-state index is 12.2. The molecular weight excluding hydrogens is 324 g/mol. The summed E-state index contributed by atoms with van der Waals surface area (Å²) in [7, 11) is 0. The fourth-order valence-electron chi connectivity index (χ4n) is 3.01. The molecule has 0 saturated carbocycles. The van der Waals surface area contributed by atoms with Gasteiger partial charge in [-0.25, -0.2) is 0 Å². The smallest absolute Gasteiger partial charge is 0.271 e. The zero-order chi connectivity index (χ0) is 18.2. The van der Waals surface area contributed by atoms with Gasteiger partial charge in [0.05, 0.1) is 0 Å². The lowest BCUT2D eigenvalue weighted by Crippen LogP contribution is -2.26. The molecule has 1 aliphatic carbocycles. The Morgan fingerprint density at radius 1 is 1.08 bits per heavy atom. The number of nitrogens with one attached hydrogen (secondary N) is 2. The van der Waals surface area contributed by atoms with E-state index in [1.165, 1.54) is 36.0 Å². The molecule has 0 unspecified atom stereocenters. The average molecular weight is 350 g/mol. The van der Waals surface area contributed by atoms with E-state index in [0.717, 1.165) is 12.8 Å². The molecule has 2 N–H and O–H groups in total. The molecule has 1 aromatic heterocycles. The van der Waals surface area contributed by atoms with Crippen LogP contribution in [-0.4, -0.2) is 22.6 Å². The third-order valence-electron chi connectivity index (χ3n) is 4.61. The second kappa shape index (κ2) is 9.13. The van der Waals surface area contributed by atoms with Crippen molar-refractivity contribution in [3.63, 3.8) is 0 Å². The van der Waals surface area contributed by atoms with E-state index in [4.69, 9.17) is 0 Å². The van der Waals surface area contributed by atoms with Crippen molar-refractivity contribution in [3.05, 3.63) is 64.9 Å². The van der Waals surface area contributed by atoms with E-state index in [9.17, 15) is 4.79 Å². The van der Waals surface area contributed by atoms with Gasteiger partial charge in [0.1, 0.15) is 5.82 Å². The minimum absolute atomic E-state index is 0.168. The minimum Gasteiger partial charge on any atom is -0.365 e. The van der Waals surface area contributed by atoms with Gasteiger partial charge in [-0.1, -0.05) is 41.5 Å². The number of carbonyl (C=O) groups excluding carboxylic acids is 1. The third-order valence-corrected chi connectivity index (χ3v) is 4.61. The zero-order valence-electron chi connectivity index (χ0n) is 15.3. The van der Waals surface area contributed by atoms with Crippen molar-refractivity contribution in [2.24, 2.45) is 0 Å². The highest BCUT2D eigenvalue weighted by Crippen LogP contribution is 2.19. The number of carbonyl (C=O) groups is 1. The molecule has 2 aromatic rings. The summed E-state index contributed by atoms with van der Waals surface area (Å²) in [6.45, 7) is 3.40. The Morgan fingerprint density at radius 2 is 1.92 bits per heavy atom. The van der Waals surface area contributed by atoms with Crippen molar-refractivity contribution >= 4 is 11.7 Å². The SMILES string of the molecule is Cc1ccc(CNc2ccc(C(=O)NCCC3=CCCCC3)nn2)cc1. The molecule has 136 valence electrons. The topological polar surface area (TPSA) is 66.9 Å². The van der Waals surface area contributed by atoms with E-state index in [-0.39, 0.29) is 5.91 Å². The van der Waals surface area contributed by atoms with Crippen LogP contribution in [-0.2, 0) is 6.54 Å². The molecule has 0 saturated heterocycles. The van der Waals surface area contributed by atoms with Crippen LogP contribution in [0.25, 0.3) is 0 Å². The molecule has 5 heteroatoms. The highest BCUT2D eigenvalue weighted by atomic mass is 16.1. The van der Waals surface area contributed by atoms with Gasteiger partial charge in [-0.15, -0.1) is 10.2 Å². The summed E-state index contributed by atoms with van der Waals surface area (Å²) in [5.41, 5.74) is 4.22. The number of hydrogen-bond donors (Lipinski definition) is 2. The van der Waals surface area contributed by atoms with Gasteiger partial charge in [0, 0.05) is 13.1 Å². The number of benzene rings is 1. The highest BCUT2D eigenvalue weighted by molar-refractivity contribution is 5.92. The number of anilines is 1. The molecule has 0 fully saturated rings. The Bertz CT molecular complexity index is 751. The number of aryl methyl sites for hydroxylation is 1. The van der Waals surface area contributed by atoms with Crippen LogP contribution in [0.15, 0.2) is 48.0 Å². The summed E-state index contributed by atoms with van der Waals surface area (Å²) < 4.78 is 0. The maximum atomic E-state index is 12.2. The Hall–Kier alpha value is -2.69. The minimum atomic E-state index is -0.168. The first kappa shape index (κ1) is 18.1. The van der Waals surface area contributed by atoms with Crippen LogP contribution in [0.2, 0.25) is 0 Å². The monoisotopic (exact) mass is 350 g/mol. The molecule has 1 amide bonds. The first-order chi connectivity index (χ1) is 12.7. The summed E-state index contributed by atoms with van der Waals surface area (Å²) >= 11 is 0. The normalized spacial score (nSPS) is 13.8. The molecule has 1 aromatic carbocycles. The van der Waals surface area contributed by atoms with Crippen LogP contribution in [0.4, 0.5) is 5.82 Å². The summed E-state index contributed by atoms with van der Waals surface area (Å²) in [5.74, 6) is 0.494. The maximum Gasteiger partial charge on any atom is 0.271 e. The third kappa shape index (κ3) is 5.41. The van der Waals surface area contributed by atoms with Crippen LogP contribution >= 0.6 is 0 Å². The van der Waals surface area contributed by atoms with E-state index < -0.39 is 0 Å². The summed E-state index contributed by atoms with van der Waals surface area (Å²) in [6.07, 6.45) is 8.13. The molecule has 0 aliphatic heterocycles. The van der Waals surface area contributed by atoms with Crippen LogP contribution in [0, 0.1) is 6.92 Å². The summed E-state index contributed by atoms with van der Waals surface area (Å²) in [4.78, 5) is 12.2. The molecule has 5 nitrogen and oxygen atoms in total. The molecule has 0 bridgehead atoms. The predicted octanol–water partition coefficient (Wildman–Crippen LogP) is 4.02. The van der Waals surface area contributed by atoms with Crippen molar-refractivity contribution in [2.45, 2.75) is 45.6 Å². The van der Waals surface area contributed by atoms with E-state index >= 15 is 0 Å². The van der Waals surface area contributed by atoms with Gasteiger partial charge in [-0.05, 0) is 56.7 Å². The first-order valence-corrected chi connectivity index (χ1v) is 9.30. The van der Waals surface area contributed by atoms with Crippen molar-refractivity contribution in [2.75, 3.05) is 11.9 Å². The second-order valence-corrected chi connectivity index (χ2v) is 6.76. The molecule has 1 heterocycles. The number of aromatic nitrogens is 2. The van der Waals surface area contributed by atoms with Gasteiger partial charge >= 0.3 is 0 Å². The fraction of sp³-hybridized carbons (Fsp3) is 0.381. The van der Waals surface area contributed by atoms with E-state index in [0.29, 0.717) is 24.6 Å². The summed E-state index contributed by atoms with van der Waals surface area (Å²) in [6, 6.07) is 11.8. The molecule has 26 heavy (non-hydrogen) atoms. The lowest BCUT2D eigenvalue weighted by Gasteiger charge is -2.12. The van der Waals surface area contributed by atoms with Crippen LogP contribution in [0.5, 0.6) is 0 Å². The van der Waals surface area contributed by atoms with Gasteiger partial charge in [-0.3, -0.25) is 4.79 Å². The number of rotatable bonds is 7. The molecule has 0 spiro atoms. The number of hydrogen-bond acceptors (Lipinski definition) is 4. The van der Waals surface area contributed by atoms with Gasteiger partial charge in [0.15, 0.2) is 5.69 Å². The number of allylic oxidation sites excluding steroid dienone is 1. The predicted molar refractivity (Wildman–Crippen MR) is 104 cm³/mol. The lowest BCUT2D eigenvalue weighted by atomic mass is 9.97. The van der Waals surface area contributed by atoms with Crippen LogP contribution in [0.3, 0.4) is 0 Å². The molecule has 1 aliphatic rings.